The van der Waals surface area contributed by atoms with Crippen LogP contribution < -0.4 is 5.32 Å². The van der Waals surface area contributed by atoms with Crippen LogP contribution in [0.2, 0.25) is 0 Å². The topological polar surface area (TPSA) is 52.9 Å². The number of allylic oxidation sites excluding steroid dienone is 1. The van der Waals surface area contributed by atoms with Gasteiger partial charge in [0, 0.05) is 18.2 Å². The highest BCUT2D eigenvalue weighted by Crippen LogP contribution is 2.25. The van der Waals surface area contributed by atoms with Gasteiger partial charge in [0.25, 0.3) is 0 Å². The average molecular weight is 262 g/mol. The van der Waals surface area contributed by atoms with E-state index in [1.165, 1.54) is 6.92 Å². The second-order valence-electron chi connectivity index (χ2n) is 4.31. The minimum absolute atomic E-state index is 0.158. The molecule has 2 rings (SSSR count). The molecule has 3 heteroatoms. The van der Waals surface area contributed by atoms with Crippen molar-refractivity contribution in [3.05, 3.63) is 65.7 Å². The molecule has 0 aliphatic rings. The van der Waals surface area contributed by atoms with Gasteiger partial charge in [0.05, 0.1) is 11.6 Å². The summed E-state index contributed by atoms with van der Waals surface area (Å²) in [6.45, 7) is 1.45. The molecule has 0 aromatic heterocycles. The monoisotopic (exact) mass is 262 g/mol. The average Bonchev–Trinajstić information content (AvgIpc) is 2.46. The third kappa shape index (κ3) is 3.33. The highest BCUT2D eigenvalue weighted by molar-refractivity contribution is 5.98. The SMILES string of the molecule is CC(=O)Nc1ccccc1/C(C#N)=C/c1ccccc1. The lowest BCUT2D eigenvalue weighted by atomic mass is 10.0. The molecule has 3 nitrogen and oxygen atoms in total. The number of nitrogens with zero attached hydrogens (tertiary/aromatic N) is 1. The van der Waals surface area contributed by atoms with Crippen LogP contribution in [-0.2, 0) is 4.79 Å². The third-order valence-corrected chi connectivity index (χ3v) is 2.76. The highest BCUT2D eigenvalue weighted by Gasteiger charge is 2.08. The lowest BCUT2D eigenvalue weighted by Crippen LogP contribution is -2.07. The predicted molar refractivity (Wildman–Crippen MR) is 80.7 cm³/mol. The summed E-state index contributed by atoms with van der Waals surface area (Å²) in [6.07, 6.45) is 1.81. The van der Waals surface area contributed by atoms with Crippen molar-refractivity contribution in [2.24, 2.45) is 0 Å². The Morgan fingerprint density at radius 2 is 1.75 bits per heavy atom. The van der Waals surface area contributed by atoms with E-state index >= 15 is 0 Å². The Kier molecular flexibility index (Phi) is 4.31. The van der Waals surface area contributed by atoms with E-state index in [1.54, 1.807) is 12.1 Å². The summed E-state index contributed by atoms with van der Waals surface area (Å²) in [5.41, 5.74) is 2.82. The molecule has 2 aromatic carbocycles. The van der Waals surface area contributed by atoms with E-state index in [9.17, 15) is 10.1 Å². The molecular weight excluding hydrogens is 248 g/mol. The number of nitrogens with one attached hydrogen (secondary N) is 1. The van der Waals surface area contributed by atoms with Crippen LogP contribution in [0, 0.1) is 11.3 Å². The van der Waals surface area contributed by atoms with Crippen molar-refractivity contribution in [3.8, 4) is 6.07 Å². The molecule has 0 saturated carbocycles. The van der Waals surface area contributed by atoms with Crippen molar-refractivity contribution in [2.45, 2.75) is 6.92 Å². The maximum Gasteiger partial charge on any atom is 0.221 e. The molecule has 1 N–H and O–H groups in total. The Hall–Kier alpha value is -2.86. The maximum atomic E-state index is 11.2. The second kappa shape index (κ2) is 6.35. The molecule has 2 aromatic rings. The molecule has 0 aliphatic carbocycles. The molecule has 0 atom stereocenters. The number of amides is 1. The van der Waals surface area contributed by atoms with Crippen molar-refractivity contribution in [3.63, 3.8) is 0 Å². The second-order valence-corrected chi connectivity index (χ2v) is 4.31. The van der Waals surface area contributed by atoms with E-state index in [0.717, 1.165) is 5.56 Å². The lowest BCUT2D eigenvalue weighted by molar-refractivity contribution is -0.114. The van der Waals surface area contributed by atoms with Crippen LogP contribution in [0.3, 0.4) is 0 Å². The molecule has 0 aliphatic heterocycles. The Morgan fingerprint density at radius 1 is 1.10 bits per heavy atom. The molecule has 1 amide bonds. The normalized spacial score (nSPS) is 10.7. The summed E-state index contributed by atoms with van der Waals surface area (Å²) in [7, 11) is 0. The molecule has 98 valence electrons. The number of benzene rings is 2. The van der Waals surface area contributed by atoms with Gasteiger partial charge in [-0.1, -0.05) is 48.5 Å². The smallest absolute Gasteiger partial charge is 0.221 e. The van der Waals surface area contributed by atoms with Crippen molar-refractivity contribution < 1.29 is 4.79 Å². The number of hydrogen-bond acceptors (Lipinski definition) is 2. The fourth-order valence-electron chi connectivity index (χ4n) is 1.90. The zero-order chi connectivity index (χ0) is 14.4. The van der Waals surface area contributed by atoms with Crippen LogP contribution in [0.25, 0.3) is 11.6 Å². The molecule has 0 radical (unpaired) electrons. The van der Waals surface area contributed by atoms with Crippen LogP contribution in [0.15, 0.2) is 54.6 Å². The summed E-state index contributed by atoms with van der Waals surface area (Å²) >= 11 is 0. The van der Waals surface area contributed by atoms with Gasteiger partial charge in [-0.3, -0.25) is 4.79 Å². The Morgan fingerprint density at radius 3 is 2.40 bits per heavy atom. The van der Waals surface area contributed by atoms with Crippen molar-refractivity contribution in [1.82, 2.24) is 0 Å². The van der Waals surface area contributed by atoms with E-state index < -0.39 is 0 Å². The van der Waals surface area contributed by atoms with Crippen molar-refractivity contribution in [1.29, 1.82) is 5.26 Å². The summed E-state index contributed by atoms with van der Waals surface area (Å²) in [4.78, 5) is 11.2. The molecule has 0 unspecified atom stereocenters. The lowest BCUT2D eigenvalue weighted by Gasteiger charge is -2.08. The van der Waals surface area contributed by atoms with Gasteiger partial charge in [-0.05, 0) is 17.7 Å². The first-order valence-corrected chi connectivity index (χ1v) is 6.24. The molecule has 0 heterocycles. The Balaban J connectivity index is 2.46. The van der Waals surface area contributed by atoms with Gasteiger partial charge >= 0.3 is 0 Å². The largest absolute Gasteiger partial charge is 0.326 e. The first-order valence-electron chi connectivity index (χ1n) is 6.24. The quantitative estimate of drug-likeness (QED) is 0.677. The van der Waals surface area contributed by atoms with Crippen LogP contribution in [0.1, 0.15) is 18.1 Å². The number of carbonyl (C=O) groups is 1. The summed E-state index contributed by atoms with van der Waals surface area (Å²) in [6, 6.07) is 19.1. The first kappa shape index (κ1) is 13.6. The summed E-state index contributed by atoms with van der Waals surface area (Å²) in [5.74, 6) is -0.158. The Labute approximate surface area is 118 Å². The molecule has 20 heavy (non-hydrogen) atoms. The standard InChI is InChI=1S/C17H14N2O/c1-13(20)19-17-10-6-5-9-16(17)15(12-18)11-14-7-3-2-4-8-14/h2-11H,1H3,(H,19,20)/b15-11+. The van der Waals surface area contributed by atoms with Gasteiger partial charge in [0.15, 0.2) is 0 Å². The minimum Gasteiger partial charge on any atom is -0.326 e. The molecule has 0 spiro atoms. The van der Waals surface area contributed by atoms with Gasteiger partial charge < -0.3 is 5.32 Å². The number of rotatable bonds is 3. The highest BCUT2D eigenvalue weighted by atomic mass is 16.1. The number of para-hydroxylation sites is 1. The number of hydrogen-bond donors (Lipinski definition) is 1. The van der Waals surface area contributed by atoms with Crippen LogP contribution in [-0.4, -0.2) is 5.91 Å². The van der Waals surface area contributed by atoms with E-state index in [0.29, 0.717) is 16.8 Å². The van der Waals surface area contributed by atoms with Gasteiger partial charge in [-0.25, -0.2) is 0 Å². The van der Waals surface area contributed by atoms with E-state index in [4.69, 9.17) is 0 Å². The fourth-order valence-corrected chi connectivity index (χ4v) is 1.90. The van der Waals surface area contributed by atoms with Gasteiger partial charge in [0.1, 0.15) is 0 Å². The van der Waals surface area contributed by atoms with Gasteiger partial charge in [0.2, 0.25) is 5.91 Å². The Bertz CT molecular complexity index is 682. The molecular formula is C17H14N2O. The first-order chi connectivity index (χ1) is 9.70. The zero-order valence-electron chi connectivity index (χ0n) is 11.1. The minimum atomic E-state index is -0.158. The van der Waals surface area contributed by atoms with E-state index in [2.05, 4.69) is 11.4 Å². The zero-order valence-corrected chi connectivity index (χ0v) is 11.1. The van der Waals surface area contributed by atoms with Gasteiger partial charge in [-0.15, -0.1) is 0 Å². The van der Waals surface area contributed by atoms with Gasteiger partial charge in [-0.2, -0.15) is 5.26 Å². The summed E-state index contributed by atoms with van der Waals surface area (Å²) < 4.78 is 0. The fraction of sp³-hybridized carbons (Fsp3) is 0.0588. The molecule has 0 fully saturated rings. The van der Waals surface area contributed by atoms with Crippen LogP contribution in [0.5, 0.6) is 0 Å². The van der Waals surface area contributed by atoms with Crippen LogP contribution >= 0.6 is 0 Å². The number of anilines is 1. The molecule has 0 bridgehead atoms. The predicted octanol–water partition coefficient (Wildman–Crippen LogP) is 3.71. The van der Waals surface area contributed by atoms with Crippen LogP contribution in [0.4, 0.5) is 5.69 Å². The summed E-state index contributed by atoms with van der Waals surface area (Å²) in [5, 5.41) is 12.1. The van der Waals surface area contributed by atoms with Crippen molar-refractivity contribution >= 4 is 23.2 Å². The van der Waals surface area contributed by atoms with Crippen molar-refractivity contribution in [2.75, 3.05) is 5.32 Å². The van der Waals surface area contributed by atoms with E-state index in [-0.39, 0.29) is 5.91 Å². The molecule has 0 saturated heterocycles. The van der Waals surface area contributed by atoms with E-state index in [1.807, 2.05) is 48.5 Å². The third-order valence-electron chi connectivity index (χ3n) is 2.76. The number of nitriles is 1. The number of carbonyl (C=O) groups excluding carboxylic acids is 1. The maximum absolute atomic E-state index is 11.2.